The van der Waals surface area contributed by atoms with Crippen LogP contribution in [0, 0.1) is 0 Å². The first kappa shape index (κ1) is 21.5. The molecule has 4 rings (SSSR count). The number of hydrogen-bond donors (Lipinski definition) is 1. The van der Waals surface area contributed by atoms with E-state index >= 15 is 0 Å². The van der Waals surface area contributed by atoms with Crippen LogP contribution in [0.4, 0.5) is 0 Å². The minimum absolute atomic E-state index is 0.0430. The molecule has 0 saturated carbocycles. The van der Waals surface area contributed by atoms with Gasteiger partial charge in [-0.15, -0.1) is 0 Å². The van der Waals surface area contributed by atoms with Crippen LogP contribution in [-0.4, -0.2) is 32.3 Å². The molecule has 0 spiro atoms. The molecule has 0 unspecified atom stereocenters. The van der Waals surface area contributed by atoms with Crippen LogP contribution >= 0.6 is 11.6 Å². The number of nitrogens with zero attached hydrogens (tertiary/aromatic N) is 2. The second kappa shape index (κ2) is 8.43. The van der Waals surface area contributed by atoms with Crippen LogP contribution in [0.3, 0.4) is 0 Å². The predicted molar refractivity (Wildman–Crippen MR) is 119 cm³/mol. The van der Waals surface area contributed by atoms with Gasteiger partial charge in [0.25, 0.3) is 10.0 Å². The molecular weight excluding hydrogens is 458 g/mol. The van der Waals surface area contributed by atoms with Gasteiger partial charge < -0.3 is 0 Å². The topological polar surface area (TPSA) is 98.1 Å². The minimum Gasteiger partial charge on any atom is -0.265 e. The van der Waals surface area contributed by atoms with Gasteiger partial charge in [-0.1, -0.05) is 35.9 Å². The van der Waals surface area contributed by atoms with Crippen molar-refractivity contribution in [2.75, 3.05) is 6.54 Å². The summed E-state index contributed by atoms with van der Waals surface area (Å²) in [6.45, 7) is 0.134. The van der Waals surface area contributed by atoms with E-state index < -0.39 is 20.0 Å². The Balaban J connectivity index is 1.76. The first-order valence-corrected chi connectivity index (χ1v) is 12.6. The fourth-order valence-electron chi connectivity index (χ4n) is 3.25. The van der Waals surface area contributed by atoms with Crippen molar-refractivity contribution in [3.63, 3.8) is 0 Å². The Morgan fingerprint density at radius 2 is 1.61 bits per heavy atom. The quantitative estimate of drug-likeness (QED) is 0.441. The van der Waals surface area contributed by atoms with E-state index in [4.69, 9.17) is 11.6 Å². The van der Waals surface area contributed by atoms with Crippen molar-refractivity contribution in [2.45, 2.75) is 16.2 Å². The lowest BCUT2D eigenvalue weighted by Gasteiger charge is -2.07. The van der Waals surface area contributed by atoms with Crippen LogP contribution in [0.15, 0.2) is 89.0 Å². The van der Waals surface area contributed by atoms with Crippen molar-refractivity contribution in [1.82, 2.24) is 13.7 Å². The van der Waals surface area contributed by atoms with Crippen molar-refractivity contribution in [1.29, 1.82) is 0 Å². The number of rotatable bonds is 7. The van der Waals surface area contributed by atoms with Gasteiger partial charge in [0.15, 0.2) is 0 Å². The molecule has 0 bridgehead atoms. The molecule has 1 N–H and O–H groups in total. The summed E-state index contributed by atoms with van der Waals surface area (Å²) in [5.41, 5.74) is 1.11. The Bertz CT molecular complexity index is 1440. The van der Waals surface area contributed by atoms with E-state index in [0.29, 0.717) is 6.42 Å². The molecule has 2 aromatic heterocycles. The monoisotopic (exact) mass is 475 g/mol. The summed E-state index contributed by atoms with van der Waals surface area (Å²) in [6, 6.07) is 16.0. The molecule has 0 fully saturated rings. The summed E-state index contributed by atoms with van der Waals surface area (Å²) in [4.78, 5) is 3.78. The van der Waals surface area contributed by atoms with E-state index in [1.165, 1.54) is 24.3 Å². The molecule has 2 aromatic carbocycles. The molecule has 0 radical (unpaired) electrons. The van der Waals surface area contributed by atoms with Crippen molar-refractivity contribution in [3.05, 3.63) is 89.8 Å². The zero-order valence-electron chi connectivity index (χ0n) is 16.1. The van der Waals surface area contributed by atoms with Gasteiger partial charge in [-0.25, -0.2) is 25.5 Å². The molecule has 0 aliphatic rings. The standard InChI is InChI=1S/C21H18ClN3O4S2/c22-18-7-4-8-19-21(18)20(15-25(19)31(28,29)17-5-2-1-3-6-17)30(26,27)24-14-11-16-9-12-23-13-10-16/h1-10,12-13,15,24H,11,14H2. The molecule has 0 aliphatic heterocycles. The SMILES string of the molecule is O=S(=O)(NCCc1ccncc1)c1cn(S(=O)(=O)c2ccccc2)c2cccc(Cl)c12. The zero-order chi connectivity index (χ0) is 22.1. The molecule has 160 valence electrons. The Kier molecular flexibility index (Phi) is 5.85. The molecule has 7 nitrogen and oxygen atoms in total. The lowest BCUT2D eigenvalue weighted by Crippen LogP contribution is -2.26. The lowest BCUT2D eigenvalue weighted by molar-refractivity contribution is 0.582. The number of halogens is 1. The van der Waals surface area contributed by atoms with Gasteiger partial charge in [-0.05, 0) is 48.4 Å². The summed E-state index contributed by atoms with van der Waals surface area (Å²) in [6.07, 6.45) is 4.82. The number of aromatic nitrogens is 2. The summed E-state index contributed by atoms with van der Waals surface area (Å²) in [5.74, 6) is 0. The van der Waals surface area contributed by atoms with Gasteiger partial charge in [-0.3, -0.25) is 4.98 Å². The molecule has 0 amide bonds. The summed E-state index contributed by atoms with van der Waals surface area (Å²) in [7, 11) is -8.06. The normalized spacial score (nSPS) is 12.3. The zero-order valence-corrected chi connectivity index (χ0v) is 18.5. The van der Waals surface area contributed by atoms with E-state index in [1.807, 2.05) is 0 Å². The van der Waals surface area contributed by atoms with Crippen LogP contribution in [0.1, 0.15) is 5.56 Å². The molecule has 0 aliphatic carbocycles. The van der Waals surface area contributed by atoms with E-state index in [9.17, 15) is 16.8 Å². The number of pyridine rings is 1. The molecular formula is C21H18ClN3O4S2. The number of sulfonamides is 1. The third-order valence-electron chi connectivity index (χ3n) is 4.75. The third-order valence-corrected chi connectivity index (χ3v) is 8.23. The van der Waals surface area contributed by atoms with Crippen molar-refractivity contribution in [3.8, 4) is 0 Å². The van der Waals surface area contributed by atoms with Crippen LogP contribution in [0.5, 0.6) is 0 Å². The predicted octanol–water partition coefficient (Wildman–Crippen LogP) is 3.45. The van der Waals surface area contributed by atoms with Gasteiger partial charge >= 0.3 is 0 Å². The molecule has 0 atom stereocenters. The van der Waals surface area contributed by atoms with E-state index in [-0.39, 0.29) is 32.3 Å². The molecule has 4 aromatic rings. The highest BCUT2D eigenvalue weighted by atomic mass is 35.5. The van der Waals surface area contributed by atoms with Gasteiger partial charge in [0, 0.05) is 30.5 Å². The highest BCUT2D eigenvalue weighted by molar-refractivity contribution is 7.91. The van der Waals surface area contributed by atoms with E-state index in [0.717, 1.165) is 15.7 Å². The fourth-order valence-corrected chi connectivity index (χ4v) is 6.28. The highest BCUT2D eigenvalue weighted by Crippen LogP contribution is 2.33. The Hall–Kier alpha value is -2.72. The van der Waals surface area contributed by atoms with Gasteiger partial charge in [-0.2, -0.15) is 0 Å². The molecule has 10 heteroatoms. The van der Waals surface area contributed by atoms with Crippen LogP contribution < -0.4 is 4.72 Å². The van der Waals surface area contributed by atoms with Crippen LogP contribution in [0.25, 0.3) is 10.9 Å². The summed E-state index contributed by atoms with van der Waals surface area (Å²) < 4.78 is 56.0. The van der Waals surface area contributed by atoms with Gasteiger partial charge in [0.1, 0.15) is 4.90 Å². The maximum Gasteiger partial charge on any atom is 0.268 e. The third kappa shape index (κ3) is 4.22. The first-order chi connectivity index (χ1) is 14.8. The smallest absolute Gasteiger partial charge is 0.265 e. The van der Waals surface area contributed by atoms with E-state index in [2.05, 4.69) is 9.71 Å². The lowest BCUT2D eigenvalue weighted by atomic mass is 10.2. The summed E-state index contributed by atoms with van der Waals surface area (Å²) in [5, 5.41) is 0.300. The highest BCUT2D eigenvalue weighted by Gasteiger charge is 2.27. The van der Waals surface area contributed by atoms with Crippen LogP contribution in [0.2, 0.25) is 5.02 Å². The maximum atomic E-state index is 13.2. The summed E-state index contributed by atoms with van der Waals surface area (Å²) >= 11 is 6.30. The molecule has 0 saturated heterocycles. The van der Waals surface area contributed by atoms with Crippen molar-refractivity contribution in [2.24, 2.45) is 0 Å². The van der Waals surface area contributed by atoms with Crippen molar-refractivity contribution < 1.29 is 16.8 Å². The van der Waals surface area contributed by atoms with E-state index in [1.54, 1.807) is 48.8 Å². The number of hydrogen-bond acceptors (Lipinski definition) is 5. The first-order valence-electron chi connectivity index (χ1n) is 9.29. The molecule has 31 heavy (non-hydrogen) atoms. The average molecular weight is 476 g/mol. The fraction of sp³-hybridized carbons (Fsp3) is 0.0952. The maximum absolute atomic E-state index is 13.2. The van der Waals surface area contributed by atoms with Gasteiger partial charge in [0.2, 0.25) is 10.0 Å². The Labute approximate surface area is 185 Å². The minimum atomic E-state index is -4.04. The molecule has 2 heterocycles. The number of nitrogens with one attached hydrogen (secondary N) is 1. The second-order valence-electron chi connectivity index (χ2n) is 6.74. The van der Waals surface area contributed by atoms with Gasteiger partial charge in [0.05, 0.1) is 15.4 Å². The van der Waals surface area contributed by atoms with Crippen molar-refractivity contribution >= 4 is 42.6 Å². The Morgan fingerprint density at radius 1 is 0.903 bits per heavy atom. The second-order valence-corrected chi connectivity index (χ2v) is 10.7. The average Bonchev–Trinajstić information content (AvgIpc) is 3.18. The number of benzene rings is 2. The van der Waals surface area contributed by atoms with Crippen LogP contribution in [-0.2, 0) is 26.5 Å². The Morgan fingerprint density at radius 3 is 2.32 bits per heavy atom. The largest absolute Gasteiger partial charge is 0.268 e. The number of fused-ring (bicyclic) bond motifs is 1.